The molecule has 7 heteroatoms. The van der Waals surface area contributed by atoms with Crippen molar-refractivity contribution in [3.05, 3.63) is 69.5 Å². The van der Waals surface area contributed by atoms with Crippen LogP contribution in [0.25, 0.3) is 10.9 Å². The second kappa shape index (κ2) is 7.08. The van der Waals surface area contributed by atoms with E-state index in [0.29, 0.717) is 22.5 Å². The zero-order valence-electron chi connectivity index (χ0n) is 15.7. The highest BCUT2D eigenvalue weighted by molar-refractivity contribution is 7.92. The number of H-pyrrole nitrogens is 1. The van der Waals surface area contributed by atoms with Crippen LogP contribution in [0, 0.1) is 13.8 Å². The fourth-order valence-electron chi connectivity index (χ4n) is 3.10. The van der Waals surface area contributed by atoms with E-state index in [0.717, 1.165) is 22.8 Å². The Bertz CT molecular complexity index is 1170. The molecule has 0 radical (unpaired) electrons. The highest BCUT2D eigenvalue weighted by Gasteiger charge is 2.21. The monoisotopic (exact) mass is 386 g/mol. The van der Waals surface area contributed by atoms with Crippen LogP contribution in [0.5, 0.6) is 5.75 Å². The van der Waals surface area contributed by atoms with Crippen molar-refractivity contribution in [2.45, 2.75) is 20.4 Å². The van der Waals surface area contributed by atoms with Gasteiger partial charge < -0.3 is 9.72 Å². The molecule has 0 fully saturated rings. The van der Waals surface area contributed by atoms with E-state index in [1.807, 2.05) is 26.0 Å². The number of anilines is 1. The van der Waals surface area contributed by atoms with Crippen molar-refractivity contribution in [1.29, 1.82) is 0 Å². The van der Waals surface area contributed by atoms with Crippen LogP contribution in [0.2, 0.25) is 0 Å². The molecule has 27 heavy (non-hydrogen) atoms. The molecular formula is C20H22N2O4S. The topological polar surface area (TPSA) is 79.5 Å². The molecule has 0 bridgehead atoms. The largest absolute Gasteiger partial charge is 0.497 e. The SMILES string of the molecule is COc1ccc2[nH]c(=O)c(CN(c3ccc(C)cc3C)S(C)(=O)=O)cc2c1. The minimum Gasteiger partial charge on any atom is -0.497 e. The molecule has 3 rings (SSSR count). The zero-order valence-corrected chi connectivity index (χ0v) is 16.6. The lowest BCUT2D eigenvalue weighted by Gasteiger charge is -2.24. The first-order chi connectivity index (χ1) is 12.7. The van der Waals surface area contributed by atoms with Gasteiger partial charge in [0.2, 0.25) is 10.0 Å². The van der Waals surface area contributed by atoms with E-state index in [4.69, 9.17) is 4.74 Å². The highest BCUT2D eigenvalue weighted by Crippen LogP contribution is 2.26. The predicted octanol–water partition coefficient (Wildman–Crippen LogP) is 3.12. The summed E-state index contributed by atoms with van der Waals surface area (Å²) in [5.41, 5.74) is 3.15. The van der Waals surface area contributed by atoms with Gasteiger partial charge in [-0.05, 0) is 49.7 Å². The number of pyridine rings is 1. The van der Waals surface area contributed by atoms with Crippen molar-refractivity contribution in [3.8, 4) is 5.75 Å². The molecule has 0 amide bonds. The molecule has 142 valence electrons. The highest BCUT2D eigenvalue weighted by atomic mass is 32.2. The van der Waals surface area contributed by atoms with Crippen molar-refractivity contribution in [3.63, 3.8) is 0 Å². The van der Waals surface area contributed by atoms with Crippen molar-refractivity contribution < 1.29 is 13.2 Å². The quantitative estimate of drug-likeness (QED) is 0.731. The smallest absolute Gasteiger partial charge is 0.253 e. The summed E-state index contributed by atoms with van der Waals surface area (Å²) in [6.07, 6.45) is 1.14. The first-order valence-corrected chi connectivity index (χ1v) is 10.3. The van der Waals surface area contributed by atoms with Gasteiger partial charge in [-0.2, -0.15) is 0 Å². The van der Waals surface area contributed by atoms with Crippen molar-refractivity contribution >= 4 is 26.6 Å². The van der Waals surface area contributed by atoms with Crippen molar-refractivity contribution in [2.24, 2.45) is 0 Å². The van der Waals surface area contributed by atoms with Crippen LogP contribution in [0.1, 0.15) is 16.7 Å². The first kappa shape index (κ1) is 19.0. The van der Waals surface area contributed by atoms with Crippen molar-refractivity contribution in [2.75, 3.05) is 17.7 Å². The molecule has 6 nitrogen and oxygen atoms in total. The Hall–Kier alpha value is -2.80. The van der Waals surface area contributed by atoms with Crippen LogP contribution in [-0.2, 0) is 16.6 Å². The number of hydrogen-bond acceptors (Lipinski definition) is 4. The number of hydrogen-bond donors (Lipinski definition) is 1. The van der Waals surface area contributed by atoms with Crippen LogP contribution < -0.4 is 14.6 Å². The molecule has 0 aliphatic heterocycles. The van der Waals surface area contributed by atoms with Crippen LogP contribution >= 0.6 is 0 Å². The average molecular weight is 386 g/mol. The maximum absolute atomic E-state index is 12.5. The van der Waals surface area contributed by atoms with Crippen LogP contribution in [0.4, 0.5) is 5.69 Å². The second-order valence-corrected chi connectivity index (χ2v) is 8.54. The number of nitrogens with one attached hydrogen (secondary N) is 1. The zero-order chi connectivity index (χ0) is 19.8. The standard InChI is InChI=1S/C20H22N2O4S/c1-13-5-8-19(14(2)9-13)22(27(4,24)25)12-16-10-15-11-17(26-3)6-7-18(15)21-20(16)23/h5-11H,12H2,1-4H3,(H,21,23). The summed E-state index contributed by atoms with van der Waals surface area (Å²) in [5.74, 6) is 0.662. The molecule has 2 aromatic carbocycles. The molecule has 1 N–H and O–H groups in total. The number of aromatic nitrogens is 1. The number of sulfonamides is 1. The van der Waals surface area contributed by atoms with Gasteiger partial charge >= 0.3 is 0 Å². The lowest BCUT2D eigenvalue weighted by Crippen LogP contribution is -2.32. The third-order valence-corrected chi connectivity index (χ3v) is 5.59. The Morgan fingerprint density at radius 2 is 1.81 bits per heavy atom. The minimum absolute atomic E-state index is 0.0504. The van der Waals surface area contributed by atoms with Crippen LogP contribution in [0.15, 0.2) is 47.3 Å². The normalized spacial score (nSPS) is 11.6. The Morgan fingerprint density at radius 1 is 1.07 bits per heavy atom. The van der Waals surface area contributed by atoms with Gasteiger partial charge in [0.05, 0.1) is 25.6 Å². The third kappa shape index (κ3) is 3.98. The van der Waals surface area contributed by atoms with Crippen LogP contribution in [-0.4, -0.2) is 26.8 Å². The van der Waals surface area contributed by atoms with Gasteiger partial charge in [-0.25, -0.2) is 8.42 Å². The number of nitrogens with zero attached hydrogens (tertiary/aromatic N) is 1. The van der Waals surface area contributed by atoms with Gasteiger partial charge in [-0.15, -0.1) is 0 Å². The predicted molar refractivity (Wildman–Crippen MR) is 108 cm³/mol. The van der Waals surface area contributed by atoms with E-state index >= 15 is 0 Å². The second-order valence-electron chi connectivity index (χ2n) is 6.64. The molecule has 1 aromatic heterocycles. The molecule has 0 spiro atoms. The average Bonchev–Trinajstić information content (AvgIpc) is 2.59. The third-order valence-electron chi connectivity index (χ3n) is 4.46. The molecular weight excluding hydrogens is 364 g/mol. The van der Waals surface area contributed by atoms with Gasteiger partial charge in [0.15, 0.2) is 0 Å². The number of aryl methyl sites for hydroxylation is 2. The molecule has 0 aliphatic carbocycles. The number of benzene rings is 2. The van der Waals surface area contributed by atoms with Gasteiger partial charge in [-0.1, -0.05) is 17.7 Å². The molecule has 0 saturated carbocycles. The molecule has 0 atom stereocenters. The molecule has 3 aromatic rings. The van der Waals surface area contributed by atoms with Gasteiger partial charge in [0.25, 0.3) is 5.56 Å². The molecule has 0 unspecified atom stereocenters. The summed E-state index contributed by atoms with van der Waals surface area (Å²) >= 11 is 0. The number of ether oxygens (including phenoxy) is 1. The molecule has 0 aliphatic rings. The molecule has 0 saturated heterocycles. The fraction of sp³-hybridized carbons (Fsp3) is 0.250. The summed E-state index contributed by atoms with van der Waals surface area (Å²) in [4.78, 5) is 15.3. The number of fused-ring (bicyclic) bond motifs is 1. The summed E-state index contributed by atoms with van der Waals surface area (Å²) in [6.45, 7) is 3.75. The molecule has 1 heterocycles. The Labute approximate surface area is 158 Å². The maximum Gasteiger partial charge on any atom is 0.253 e. The number of rotatable bonds is 5. The summed E-state index contributed by atoms with van der Waals surface area (Å²) in [6, 6.07) is 12.6. The maximum atomic E-state index is 12.5. The van der Waals surface area contributed by atoms with E-state index in [-0.39, 0.29) is 12.1 Å². The minimum atomic E-state index is -3.58. The number of methoxy groups -OCH3 is 1. The Balaban J connectivity index is 2.11. The van der Waals surface area contributed by atoms with Gasteiger partial charge in [0, 0.05) is 16.5 Å². The fourth-order valence-corrected chi connectivity index (χ4v) is 4.03. The Morgan fingerprint density at radius 3 is 2.44 bits per heavy atom. The van der Waals surface area contributed by atoms with Crippen molar-refractivity contribution in [1.82, 2.24) is 4.98 Å². The number of aromatic amines is 1. The lowest BCUT2D eigenvalue weighted by molar-refractivity contribution is 0.415. The Kier molecular flexibility index (Phi) is 4.97. The van der Waals surface area contributed by atoms with Crippen LogP contribution in [0.3, 0.4) is 0 Å². The summed E-state index contributed by atoms with van der Waals surface area (Å²) < 4.78 is 31.4. The first-order valence-electron chi connectivity index (χ1n) is 8.44. The van der Waals surface area contributed by atoms with Gasteiger partial charge in [-0.3, -0.25) is 9.10 Å². The lowest BCUT2D eigenvalue weighted by atomic mass is 10.1. The summed E-state index contributed by atoms with van der Waals surface area (Å²) in [5, 5.41) is 0.776. The van der Waals surface area contributed by atoms with E-state index in [1.165, 1.54) is 4.31 Å². The van der Waals surface area contributed by atoms with E-state index in [1.54, 1.807) is 37.4 Å². The summed E-state index contributed by atoms with van der Waals surface area (Å²) in [7, 11) is -2.01. The van der Waals surface area contributed by atoms with E-state index in [9.17, 15) is 13.2 Å². The van der Waals surface area contributed by atoms with Gasteiger partial charge in [0.1, 0.15) is 5.75 Å². The van der Waals surface area contributed by atoms with E-state index in [2.05, 4.69) is 4.98 Å². The van der Waals surface area contributed by atoms with E-state index < -0.39 is 10.0 Å².